The zero-order valence-corrected chi connectivity index (χ0v) is 10.9. The van der Waals surface area contributed by atoms with Gasteiger partial charge in [-0.25, -0.2) is 0 Å². The summed E-state index contributed by atoms with van der Waals surface area (Å²) in [6.45, 7) is 5.14. The van der Waals surface area contributed by atoms with E-state index in [9.17, 15) is 0 Å². The van der Waals surface area contributed by atoms with E-state index in [1.165, 1.54) is 50.5 Å². The van der Waals surface area contributed by atoms with Crippen LogP contribution in [0, 0.1) is 6.92 Å². The fourth-order valence-electron chi connectivity index (χ4n) is 1.99. The van der Waals surface area contributed by atoms with Gasteiger partial charge in [0, 0.05) is 13.2 Å². The highest BCUT2D eigenvalue weighted by atomic mass is 16.5. The molecule has 0 amide bonds. The summed E-state index contributed by atoms with van der Waals surface area (Å²) in [5, 5.41) is 0. The average Bonchev–Trinajstić information content (AvgIpc) is 2.38. The molecule has 0 aliphatic heterocycles. The third kappa shape index (κ3) is 7.98. The van der Waals surface area contributed by atoms with E-state index in [1.807, 2.05) is 0 Å². The Hall–Kier alpha value is -0.820. The van der Waals surface area contributed by atoms with E-state index < -0.39 is 0 Å². The predicted molar refractivity (Wildman–Crippen MR) is 74.0 cm³/mol. The normalized spacial score (nSPS) is 10.6. The molecule has 1 aromatic rings. The van der Waals surface area contributed by atoms with Crippen molar-refractivity contribution in [3.8, 4) is 0 Å². The molecule has 0 aromatic heterocycles. The monoisotopic (exact) mass is 233 g/mol. The van der Waals surface area contributed by atoms with Crippen LogP contribution in [0.25, 0.3) is 0 Å². The smallest absolute Gasteiger partial charge is 0.0466 e. The lowest BCUT2D eigenvalue weighted by molar-refractivity contribution is 0.156. The quantitative estimate of drug-likeness (QED) is 0.544. The second-order valence-corrected chi connectivity index (χ2v) is 4.47. The molecule has 0 N–H and O–H groups in total. The van der Waals surface area contributed by atoms with Crippen molar-refractivity contribution in [3.05, 3.63) is 42.8 Å². The fourth-order valence-corrected chi connectivity index (χ4v) is 1.99. The summed E-state index contributed by atoms with van der Waals surface area (Å²) < 4.78 is 5.21. The molecule has 0 spiro atoms. The van der Waals surface area contributed by atoms with Crippen LogP contribution in [0.2, 0.25) is 0 Å². The van der Waals surface area contributed by atoms with E-state index in [0.717, 1.165) is 6.61 Å². The molecular formula is C16H25O. The second kappa shape index (κ2) is 10.3. The standard InChI is InChI=1S/C16H25O/c1-2-17-15-11-6-4-3-5-8-12-16-13-9-7-10-14-16/h7,9-10,13-14H,1-6,8,11-12,15H2. The van der Waals surface area contributed by atoms with Gasteiger partial charge in [-0.1, -0.05) is 56.0 Å². The van der Waals surface area contributed by atoms with E-state index in [0.29, 0.717) is 6.61 Å². The van der Waals surface area contributed by atoms with Gasteiger partial charge in [-0.3, -0.25) is 0 Å². The lowest BCUT2D eigenvalue weighted by atomic mass is 10.1. The van der Waals surface area contributed by atoms with Crippen LogP contribution < -0.4 is 0 Å². The Morgan fingerprint density at radius 1 is 0.824 bits per heavy atom. The van der Waals surface area contributed by atoms with Crippen molar-refractivity contribution in [2.45, 2.75) is 44.9 Å². The van der Waals surface area contributed by atoms with Gasteiger partial charge in [-0.15, -0.1) is 0 Å². The number of ether oxygens (including phenoxy) is 1. The summed E-state index contributed by atoms with van der Waals surface area (Å²) in [5.74, 6) is 0. The minimum absolute atomic E-state index is 0.608. The van der Waals surface area contributed by atoms with Gasteiger partial charge >= 0.3 is 0 Å². The number of benzene rings is 1. The van der Waals surface area contributed by atoms with Crippen molar-refractivity contribution in [2.24, 2.45) is 0 Å². The Morgan fingerprint density at radius 2 is 1.47 bits per heavy atom. The first-order valence-electron chi connectivity index (χ1n) is 6.84. The lowest BCUT2D eigenvalue weighted by Gasteiger charge is -2.03. The van der Waals surface area contributed by atoms with Gasteiger partial charge < -0.3 is 4.74 Å². The number of rotatable bonds is 10. The maximum absolute atomic E-state index is 5.21. The Balaban J connectivity index is 1.85. The van der Waals surface area contributed by atoms with Gasteiger partial charge in [0.05, 0.1) is 0 Å². The van der Waals surface area contributed by atoms with Gasteiger partial charge in [0.15, 0.2) is 0 Å². The molecule has 1 aromatic carbocycles. The van der Waals surface area contributed by atoms with E-state index in [4.69, 9.17) is 4.74 Å². The van der Waals surface area contributed by atoms with E-state index in [2.05, 4.69) is 37.3 Å². The first-order chi connectivity index (χ1) is 8.43. The molecule has 1 nitrogen and oxygen atoms in total. The lowest BCUT2D eigenvalue weighted by Crippen LogP contribution is -1.93. The number of unbranched alkanes of at least 4 members (excludes halogenated alkanes) is 5. The first-order valence-corrected chi connectivity index (χ1v) is 6.84. The molecule has 0 saturated heterocycles. The number of hydrogen-bond donors (Lipinski definition) is 0. The molecule has 0 atom stereocenters. The van der Waals surface area contributed by atoms with Crippen LogP contribution >= 0.6 is 0 Å². The molecule has 0 aliphatic carbocycles. The molecule has 0 unspecified atom stereocenters. The van der Waals surface area contributed by atoms with Crippen molar-refractivity contribution in [2.75, 3.05) is 13.2 Å². The van der Waals surface area contributed by atoms with Crippen LogP contribution in [0.3, 0.4) is 0 Å². The van der Waals surface area contributed by atoms with E-state index in [1.54, 1.807) is 0 Å². The zero-order chi connectivity index (χ0) is 12.2. The van der Waals surface area contributed by atoms with Crippen LogP contribution in [0.15, 0.2) is 30.3 Å². The summed E-state index contributed by atoms with van der Waals surface area (Å²) >= 11 is 0. The van der Waals surface area contributed by atoms with Gasteiger partial charge in [0.2, 0.25) is 0 Å². The van der Waals surface area contributed by atoms with Crippen molar-refractivity contribution < 1.29 is 4.74 Å². The molecular weight excluding hydrogens is 208 g/mol. The van der Waals surface area contributed by atoms with Crippen molar-refractivity contribution in [1.82, 2.24) is 0 Å². The Labute approximate surface area is 106 Å². The molecule has 0 heterocycles. The highest BCUT2D eigenvalue weighted by molar-refractivity contribution is 5.14. The topological polar surface area (TPSA) is 9.23 Å². The average molecular weight is 233 g/mol. The molecule has 1 radical (unpaired) electrons. The maximum Gasteiger partial charge on any atom is 0.0466 e. The molecule has 95 valence electrons. The van der Waals surface area contributed by atoms with Gasteiger partial charge in [0.1, 0.15) is 0 Å². The van der Waals surface area contributed by atoms with Crippen LogP contribution in [0.1, 0.15) is 44.1 Å². The summed E-state index contributed by atoms with van der Waals surface area (Å²) in [6.07, 6.45) is 9.09. The third-order valence-corrected chi connectivity index (χ3v) is 2.99. The summed E-state index contributed by atoms with van der Waals surface area (Å²) in [7, 11) is 0. The third-order valence-electron chi connectivity index (χ3n) is 2.99. The molecule has 17 heavy (non-hydrogen) atoms. The fraction of sp³-hybridized carbons (Fsp3) is 0.562. The number of hydrogen-bond acceptors (Lipinski definition) is 1. The molecule has 0 aliphatic rings. The van der Waals surface area contributed by atoms with Gasteiger partial charge in [-0.05, 0) is 31.7 Å². The van der Waals surface area contributed by atoms with Gasteiger partial charge in [0.25, 0.3) is 0 Å². The highest BCUT2D eigenvalue weighted by Crippen LogP contribution is 2.09. The molecule has 0 fully saturated rings. The van der Waals surface area contributed by atoms with Crippen LogP contribution in [-0.2, 0) is 11.2 Å². The Morgan fingerprint density at radius 3 is 2.18 bits per heavy atom. The molecule has 1 rings (SSSR count). The van der Waals surface area contributed by atoms with E-state index >= 15 is 0 Å². The summed E-state index contributed by atoms with van der Waals surface area (Å²) in [6, 6.07) is 10.8. The molecule has 1 heteroatoms. The van der Waals surface area contributed by atoms with Gasteiger partial charge in [-0.2, -0.15) is 0 Å². The Kier molecular flexibility index (Phi) is 8.66. The minimum Gasteiger partial charge on any atom is -0.381 e. The first kappa shape index (κ1) is 14.2. The van der Waals surface area contributed by atoms with E-state index in [-0.39, 0.29) is 0 Å². The number of aryl methyl sites for hydroxylation is 1. The maximum atomic E-state index is 5.21. The predicted octanol–water partition coefficient (Wildman–Crippen LogP) is 4.42. The highest BCUT2D eigenvalue weighted by Gasteiger charge is 1.93. The van der Waals surface area contributed by atoms with Crippen molar-refractivity contribution in [1.29, 1.82) is 0 Å². The van der Waals surface area contributed by atoms with Crippen molar-refractivity contribution >= 4 is 0 Å². The van der Waals surface area contributed by atoms with Crippen LogP contribution in [0.5, 0.6) is 0 Å². The Bertz CT molecular complexity index is 255. The van der Waals surface area contributed by atoms with Crippen molar-refractivity contribution in [3.63, 3.8) is 0 Å². The minimum atomic E-state index is 0.608. The summed E-state index contributed by atoms with van der Waals surface area (Å²) in [4.78, 5) is 0. The second-order valence-electron chi connectivity index (χ2n) is 4.47. The molecule has 0 saturated carbocycles. The largest absolute Gasteiger partial charge is 0.381 e. The van der Waals surface area contributed by atoms with Crippen LogP contribution in [-0.4, -0.2) is 13.2 Å². The van der Waals surface area contributed by atoms with Crippen LogP contribution in [0.4, 0.5) is 0 Å². The summed E-state index contributed by atoms with van der Waals surface area (Å²) in [5.41, 5.74) is 1.47. The zero-order valence-electron chi connectivity index (χ0n) is 10.9. The molecule has 0 bridgehead atoms. The SMILES string of the molecule is [CH2]COCCCCCCCCc1ccccc1.